The van der Waals surface area contributed by atoms with Gasteiger partial charge in [-0.25, -0.2) is 0 Å². The van der Waals surface area contributed by atoms with E-state index in [0.29, 0.717) is 12.5 Å². The molecule has 3 nitrogen and oxygen atoms in total. The smallest absolute Gasteiger partial charge is 0.221 e. The predicted molar refractivity (Wildman–Crippen MR) is 85.4 cm³/mol. The number of piperidine rings is 1. The van der Waals surface area contributed by atoms with Gasteiger partial charge in [-0.15, -0.1) is 12.4 Å². The second kappa shape index (κ2) is 7.65. The quantitative estimate of drug-likeness (QED) is 0.897. The summed E-state index contributed by atoms with van der Waals surface area (Å²) in [5.41, 5.74) is 1.10. The fourth-order valence-electron chi connectivity index (χ4n) is 2.65. The minimum Gasteiger partial charge on any atom is -0.352 e. The van der Waals surface area contributed by atoms with Crippen molar-refractivity contribution in [3.8, 4) is 0 Å². The second-order valence-corrected chi connectivity index (χ2v) is 6.04. The predicted octanol–water partition coefficient (Wildman–Crippen LogP) is 2.64. The van der Waals surface area contributed by atoms with Crippen LogP contribution in [0.3, 0.4) is 0 Å². The summed E-state index contributed by atoms with van der Waals surface area (Å²) >= 11 is 0. The number of nitrogens with one attached hydrogen (secondary N) is 2. The molecule has 20 heavy (non-hydrogen) atoms. The molecule has 112 valence electrons. The summed E-state index contributed by atoms with van der Waals surface area (Å²) in [6.07, 6.45) is 2.77. The third-order valence-electron chi connectivity index (χ3n) is 3.82. The van der Waals surface area contributed by atoms with E-state index in [1.54, 1.807) is 0 Å². The highest BCUT2D eigenvalue weighted by Gasteiger charge is 2.25. The van der Waals surface area contributed by atoms with Crippen LogP contribution in [0.4, 0.5) is 0 Å². The van der Waals surface area contributed by atoms with Crippen molar-refractivity contribution in [1.29, 1.82) is 0 Å². The third kappa shape index (κ3) is 4.80. The van der Waals surface area contributed by atoms with Crippen LogP contribution in [0.2, 0.25) is 0 Å². The molecule has 0 aromatic heterocycles. The lowest BCUT2D eigenvalue weighted by Crippen LogP contribution is -2.46. The Kier molecular flexibility index (Phi) is 6.50. The zero-order valence-electron chi connectivity index (χ0n) is 12.3. The zero-order valence-corrected chi connectivity index (χ0v) is 13.1. The van der Waals surface area contributed by atoms with E-state index in [4.69, 9.17) is 0 Å². The molecule has 1 aliphatic rings. The van der Waals surface area contributed by atoms with E-state index in [9.17, 15) is 4.79 Å². The van der Waals surface area contributed by atoms with Gasteiger partial charge in [0.2, 0.25) is 5.91 Å². The van der Waals surface area contributed by atoms with Crippen LogP contribution < -0.4 is 10.6 Å². The molecule has 1 aromatic carbocycles. The Morgan fingerprint density at radius 1 is 1.35 bits per heavy atom. The average Bonchev–Trinajstić information content (AvgIpc) is 2.40. The van der Waals surface area contributed by atoms with E-state index >= 15 is 0 Å². The molecule has 2 N–H and O–H groups in total. The number of hydrogen-bond donors (Lipinski definition) is 2. The molecule has 2 rings (SSSR count). The molecule has 1 aromatic rings. The number of hydrogen-bond acceptors (Lipinski definition) is 2. The first kappa shape index (κ1) is 17.0. The molecular formula is C16H25ClN2O. The van der Waals surface area contributed by atoms with E-state index in [2.05, 4.69) is 36.6 Å². The summed E-state index contributed by atoms with van der Waals surface area (Å²) < 4.78 is 0. The summed E-state index contributed by atoms with van der Waals surface area (Å²) in [7, 11) is 0. The van der Waals surface area contributed by atoms with Gasteiger partial charge in [-0.1, -0.05) is 44.2 Å². The van der Waals surface area contributed by atoms with Crippen LogP contribution >= 0.6 is 12.4 Å². The highest BCUT2D eigenvalue weighted by Crippen LogP contribution is 2.26. The van der Waals surface area contributed by atoms with Crippen molar-refractivity contribution in [1.82, 2.24) is 10.6 Å². The van der Waals surface area contributed by atoms with Crippen LogP contribution in [0.5, 0.6) is 0 Å². The van der Waals surface area contributed by atoms with Gasteiger partial charge in [0.25, 0.3) is 0 Å². The zero-order chi connectivity index (χ0) is 13.7. The number of halogens is 1. The van der Waals surface area contributed by atoms with Crippen molar-refractivity contribution in [3.63, 3.8) is 0 Å². The number of rotatable bonds is 4. The van der Waals surface area contributed by atoms with Crippen LogP contribution in [-0.4, -0.2) is 25.0 Å². The average molecular weight is 297 g/mol. The lowest BCUT2D eigenvalue weighted by molar-refractivity contribution is -0.122. The standard InChI is InChI=1S/C16H24N2O.ClH/c1-16(2,13-7-4-3-5-8-13)11-15(19)18-14-9-6-10-17-12-14;/h3-5,7-8,14,17H,6,9-12H2,1-2H3,(H,18,19);1H. The molecule has 1 amide bonds. The molecule has 1 aliphatic heterocycles. The van der Waals surface area contributed by atoms with Gasteiger partial charge in [-0.2, -0.15) is 0 Å². The summed E-state index contributed by atoms with van der Waals surface area (Å²) in [6, 6.07) is 10.5. The van der Waals surface area contributed by atoms with E-state index in [0.717, 1.165) is 25.9 Å². The van der Waals surface area contributed by atoms with Gasteiger partial charge in [-0.3, -0.25) is 4.79 Å². The SMILES string of the molecule is CC(C)(CC(=O)NC1CCCNC1)c1ccccc1.Cl. The molecule has 0 aliphatic carbocycles. The van der Waals surface area contributed by atoms with Gasteiger partial charge in [-0.05, 0) is 30.4 Å². The number of benzene rings is 1. The van der Waals surface area contributed by atoms with Gasteiger partial charge in [0.05, 0.1) is 0 Å². The van der Waals surface area contributed by atoms with Gasteiger partial charge in [0.1, 0.15) is 0 Å². The summed E-state index contributed by atoms with van der Waals surface area (Å²) in [5, 5.41) is 6.46. The van der Waals surface area contributed by atoms with E-state index in [1.807, 2.05) is 18.2 Å². The molecule has 1 heterocycles. The Morgan fingerprint density at radius 3 is 2.65 bits per heavy atom. The highest BCUT2D eigenvalue weighted by molar-refractivity contribution is 5.85. The molecule has 0 saturated carbocycles. The van der Waals surface area contributed by atoms with Crippen molar-refractivity contribution in [2.75, 3.05) is 13.1 Å². The van der Waals surface area contributed by atoms with Crippen molar-refractivity contribution in [2.24, 2.45) is 0 Å². The Bertz CT molecular complexity index is 414. The first-order chi connectivity index (χ1) is 9.08. The highest BCUT2D eigenvalue weighted by atomic mass is 35.5. The van der Waals surface area contributed by atoms with Crippen molar-refractivity contribution < 1.29 is 4.79 Å². The maximum Gasteiger partial charge on any atom is 0.221 e. The summed E-state index contributed by atoms with van der Waals surface area (Å²) in [4.78, 5) is 12.2. The molecule has 0 bridgehead atoms. The van der Waals surface area contributed by atoms with Crippen LogP contribution in [-0.2, 0) is 10.2 Å². The lowest BCUT2D eigenvalue weighted by atomic mass is 9.81. The van der Waals surface area contributed by atoms with Crippen LogP contribution in [0, 0.1) is 0 Å². The molecule has 1 saturated heterocycles. The minimum absolute atomic E-state index is 0. The Hall–Kier alpha value is -1.06. The number of amides is 1. The molecule has 1 atom stereocenters. The molecule has 1 fully saturated rings. The van der Waals surface area contributed by atoms with E-state index in [-0.39, 0.29) is 23.7 Å². The largest absolute Gasteiger partial charge is 0.352 e. The molecular weight excluding hydrogens is 272 g/mol. The summed E-state index contributed by atoms with van der Waals surface area (Å²) in [5.74, 6) is 0.155. The van der Waals surface area contributed by atoms with E-state index in [1.165, 1.54) is 5.56 Å². The van der Waals surface area contributed by atoms with Crippen LogP contribution in [0.25, 0.3) is 0 Å². The van der Waals surface area contributed by atoms with Gasteiger partial charge >= 0.3 is 0 Å². The number of carbonyl (C=O) groups is 1. The van der Waals surface area contributed by atoms with Gasteiger partial charge in [0, 0.05) is 19.0 Å². The normalized spacial score (nSPS) is 19.0. The fraction of sp³-hybridized carbons (Fsp3) is 0.562. The monoisotopic (exact) mass is 296 g/mol. The fourth-order valence-corrected chi connectivity index (χ4v) is 2.65. The minimum atomic E-state index is -0.118. The summed E-state index contributed by atoms with van der Waals surface area (Å²) in [6.45, 7) is 6.22. The Morgan fingerprint density at radius 2 is 2.05 bits per heavy atom. The maximum absolute atomic E-state index is 12.2. The van der Waals surface area contributed by atoms with Crippen LogP contribution in [0.1, 0.15) is 38.7 Å². The Labute approximate surface area is 127 Å². The molecule has 0 spiro atoms. The van der Waals surface area contributed by atoms with Gasteiger partial charge < -0.3 is 10.6 Å². The second-order valence-electron chi connectivity index (χ2n) is 6.04. The Balaban J connectivity index is 0.00000200. The first-order valence-corrected chi connectivity index (χ1v) is 7.13. The van der Waals surface area contributed by atoms with E-state index < -0.39 is 0 Å². The molecule has 1 unspecified atom stereocenters. The third-order valence-corrected chi connectivity index (χ3v) is 3.82. The molecule has 4 heteroatoms. The lowest BCUT2D eigenvalue weighted by Gasteiger charge is -2.28. The van der Waals surface area contributed by atoms with Crippen molar-refractivity contribution in [2.45, 2.75) is 44.6 Å². The molecule has 0 radical (unpaired) electrons. The maximum atomic E-state index is 12.2. The van der Waals surface area contributed by atoms with Crippen LogP contribution in [0.15, 0.2) is 30.3 Å². The van der Waals surface area contributed by atoms with Crippen molar-refractivity contribution in [3.05, 3.63) is 35.9 Å². The van der Waals surface area contributed by atoms with Gasteiger partial charge in [0.15, 0.2) is 0 Å². The number of carbonyl (C=O) groups excluding carboxylic acids is 1. The first-order valence-electron chi connectivity index (χ1n) is 7.13. The van der Waals surface area contributed by atoms with Crippen molar-refractivity contribution >= 4 is 18.3 Å². The topological polar surface area (TPSA) is 41.1 Å².